The standard InChI is InChI=1S/C15H16N2O3S3/c18-15(17-12-5-6-23(19,20)9-12)11-1-3-14(4-2-11)22-8-13-7-21-10-16-13/h1-4,7,10,12H,5-6,8-9H2,(H,17,18)/t12-/m0/s1. The van der Waals surface area contributed by atoms with Crippen LogP contribution in [-0.2, 0) is 15.6 Å². The normalized spacial score (nSPS) is 19.6. The zero-order chi connectivity index (χ0) is 16.3. The topological polar surface area (TPSA) is 76.1 Å². The van der Waals surface area contributed by atoms with Crippen molar-refractivity contribution in [1.82, 2.24) is 10.3 Å². The molecule has 1 fully saturated rings. The molecule has 1 N–H and O–H groups in total. The van der Waals surface area contributed by atoms with E-state index >= 15 is 0 Å². The lowest BCUT2D eigenvalue weighted by atomic mass is 10.2. The van der Waals surface area contributed by atoms with Crippen molar-refractivity contribution >= 4 is 38.8 Å². The van der Waals surface area contributed by atoms with Gasteiger partial charge in [0.2, 0.25) is 0 Å². The molecular formula is C15H16N2O3S3. The number of thioether (sulfide) groups is 1. The molecule has 3 rings (SSSR count). The van der Waals surface area contributed by atoms with Crippen LogP contribution in [-0.4, -0.2) is 36.9 Å². The van der Waals surface area contributed by atoms with Crippen LogP contribution < -0.4 is 5.32 Å². The van der Waals surface area contributed by atoms with Crippen LogP contribution in [0, 0.1) is 0 Å². The zero-order valence-corrected chi connectivity index (χ0v) is 14.7. The molecule has 1 amide bonds. The molecule has 1 atom stereocenters. The Balaban J connectivity index is 1.55. The first-order valence-electron chi connectivity index (χ1n) is 7.13. The van der Waals surface area contributed by atoms with Crippen LogP contribution in [0.5, 0.6) is 0 Å². The average molecular weight is 369 g/mol. The summed E-state index contributed by atoms with van der Waals surface area (Å²) in [5, 5.41) is 4.81. The Bertz CT molecular complexity index is 771. The fourth-order valence-electron chi connectivity index (χ4n) is 2.35. The number of thiazole rings is 1. The highest BCUT2D eigenvalue weighted by Crippen LogP contribution is 2.23. The van der Waals surface area contributed by atoms with Crippen molar-refractivity contribution in [3.8, 4) is 0 Å². The molecule has 0 spiro atoms. The third-order valence-corrected chi connectivity index (χ3v) is 7.00. The minimum absolute atomic E-state index is 0.0420. The van der Waals surface area contributed by atoms with Crippen molar-refractivity contribution < 1.29 is 13.2 Å². The summed E-state index contributed by atoms with van der Waals surface area (Å²) in [4.78, 5) is 17.4. The minimum atomic E-state index is -2.98. The molecule has 8 heteroatoms. The predicted molar refractivity (Wildman–Crippen MR) is 92.6 cm³/mol. The molecule has 0 radical (unpaired) electrons. The third kappa shape index (κ3) is 4.55. The van der Waals surface area contributed by atoms with Crippen LogP contribution >= 0.6 is 23.1 Å². The quantitative estimate of drug-likeness (QED) is 0.820. The molecule has 0 unspecified atom stereocenters. The number of amides is 1. The maximum Gasteiger partial charge on any atom is 0.251 e. The second-order valence-corrected chi connectivity index (χ2v) is 9.36. The van der Waals surface area contributed by atoms with E-state index in [9.17, 15) is 13.2 Å². The van der Waals surface area contributed by atoms with Crippen LogP contribution in [0.4, 0.5) is 0 Å². The van der Waals surface area contributed by atoms with Crippen LogP contribution in [0.2, 0.25) is 0 Å². The fourth-order valence-corrected chi connectivity index (χ4v) is 5.48. The van der Waals surface area contributed by atoms with E-state index in [4.69, 9.17) is 0 Å². The minimum Gasteiger partial charge on any atom is -0.348 e. The van der Waals surface area contributed by atoms with Gasteiger partial charge in [-0.3, -0.25) is 4.79 Å². The number of carbonyl (C=O) groups is 1. The Morgan fingerprint density at radius 3 is 2.74 bits per heavy atom. The molecule has 0 saturated carbocycles. The highest BCUT2D eigenvalue weighted by molar-refractivity contribution is 7.98. The number of nitrogens with one attached hydrogen (secondary N) is 1. The SMILES string of the molecule is O=C(N[C@H]1CCS(=O)(=O)C1)c1ccc(SCc2cscn2)cc1. The van der Waals surface area contributed by atoms with Crippen molar-refractivity contribution in [2.24, 2.45) is 0 Å². The van der Waals surface area contributed by atoms with Gasteiger partial charge in [-0.2, -0.15) is 0 Å². The van der Waals surface area contributed by atoms with E-state index in [1.54, 1.807) is 35.2 Å². The second-order valence-electron chi connectivity index (χ2n) is 5.37. The lowest BCUT2D eigenvalue weighted by Crippen LogP contribution is -2.35. The number of hydrogen-bond donors (Lipinski definition) is 1. The zero-order valence-electron chi connectivity index (χ0n) is 12.3. The number of nitrogens with zero attached hydrogens (tertiary/aromatic N) is 1. The van der Waals surface area contributed by atoms with Crippen LogP contribution in [0.25, 0.3) is 0 Å². The number of aromatic nitrogens is 1. The first-order valence-corrected chi connectivity index (χ1v) is 10.9. The summed E-state index contributed by atoms with van der Waals surface area (Å²) in [6.07, 6.45) is 0.496. The van der Waals surface area contributed by atoms with Crippen LogP contribution in [0.1, 0.15) is 22.5 Å². The van der Waals surface area contributed by atoms with Gasteiger partial charge in [0, 0.05) is 27.6 Å². The first kappa shape index (κ1) is 16.5. The first-order chi connectivity index (χ1) is 11.0. The predicted octanol–water partition coefficient (Wildman–Crippen LogP) is 2.35. The van der Waals surface area contributed by atoms with Crippen molar-refractivity contribution in [2.75, 3.05) is 11.5 Å². The van der Waals surface area contributed by atoms with Crippen LogP contribution in [0.15, 0.2) is 40.1 Å². The van der Waals surface area contributed by atoms with E-state index in [-0.39, 0.29) is 23.5 Å². The van der Waals surface area contributed by atoms with Gasteiger partial charge in [-0.25, -0.2) is 13.4 Å². The van der Waals surface area contributed by atoms with Gasteiger partial charge in [0.15, 0.2) is 9.84 Å². The van der Waals surface area contributed by atoms with Crippen LogP contribution in [0.3, 0.4) is 0 Å². The number of sulfone groups is 1. The summed E-state index contributed by atoms with van der Waals surface area (Å²) in [6, 6.07) is 7.06. The van der Waals surface area contributed by atoms with Crippen molar-refractivity contribution in [3.63, 3.8) is 0 Å². The molecule has 0 bridgehead atoms. The molecule has 23 heavy (non-hydrogen) atoms. The monoisotopic (exact) mass is 368 g/mol. The van der Waals surface area contributed by atoms with Crippen molar-refractivity contribution in [3.05, 3.63) is 46.4 Å². The van der Waals surface area contributed by atoms with Gasteiger partial charge >= 0.3 is 0 Å². The van der Waals surface area contributed by atoms with Gasteiger partial charge in [0.1, 0.15) is 0 Å². The second kappa shape index (κ2) is 7.02. The number of carbonyl (C=O) groups excluding carboxylic acids is 1. The molecule has 1 aliphatic heterocycles. The Hall–Kier alpha value is -1.38. The lowest BCUT2D eigenvalue weighted by molar-refractivity contribution is 0.0941. The van der Waals surface area contributed by atoms with E-state index in [0.29, 0.717) is 12.0 Å². The Kier molecular flexibility index (Phi) is 5.03. The van der Waals surface area contributed by atoms with E-state index < -0.39 is 9.84 Å². The number of hydrogen-bond acceptors (Lipinski definition) is 6. The van der Waals surface area contributed by atoms with Gasteiger partial charge in [-0.05, 0) is 30.7 Å². The van der Waals surface area contributed by atoms with Gasteiger partial charge in [0.25, 0.3) is 5.91 Å². The summed E-state index contributed by atoms with van der Waals surface area (Å²) >= 11 is 3.24. The van der Waals surface area contributed by atoms with E-state index in [0.717, 1.165) is 16.3 Å². The van der Waals surface area contributed by atoms with Gasteiger partial charge in [0.05, 0.1) is 22.7 Å². The maximum absolute atomic E-state index is 12.1. The summed E-state index contributed by atoms with van der Waals surface area (Å²) < 4.78 is 22.8. The van der Waals surface area contributed by atoms with E-state index in [1.807, 2.05) is 23.0 Å². The summed E-state index contributed by atoms with van der Waals surface area (Å²) in [5.41, 5.74) is 3.41. The Morgan fingerprint density at radius 1 is 1.35 bits per heavy atom. The van der Waals surface area contributed by atoms with Crippen molar-refractivity contribution in [1.29, 1.82) is 0 Å². The fraction of sp³-hybridized carbons (Fsp3) is 0.333. The largest absolute Gasteiger partial charge is 0.348 e. The molecule has 5 nitrogen and oxygen atoms in total. The summed E-state index contributed by atoms with van der Waals surface area (Å²) in [6.45, 7) is 0. The molecule has 2 aromatic rings. The molecule has 122 valence electrons. The molecule has 1 saturated heterocycles. The Labute approximate surface area is 143 Å². The summed E-state index contributed by atoms with van der Waals surface area (Å²) in [7, 11) is -2.98. The van der Waals surface area contributed by atoms with Gasteiger partial charge < -0.3 is 5.32 Å². The smallest absolute Gasteiger partial charge is 0.251 e. The molecular weight excluding hydrogens is 352 g/mol. The Morgan fingerprint density at radius 2 is 2.13 bits per heavy atom. The molecule has 0 aliphatic carbocycles. The highest BCUT2D eigenvalue weighted by Gasteiger charge is 2.29. The van der Waals surface area contributed by atoms with E-state index in [2.05, 4.69) is 10.3 Å². The third-order valence-electron chi connectivity index (χ3n) is 3.55. The average Bonchev–Trinajstić information content (AvgIpc) is 3.15. The number of benzene rings is 1. The highest BCUT2D eigenvalue weighted by atomic mass is 32.2. The molecule has 2 heterocycles. The molecule has 1 aliphatic rings. The van der Waals surface area contributed by atoms with Gasteiger partial charge in [-0.1, -0.05) is 0 Å². The summed E-state index contributed by atoms with van der Waals surface area (Å²) in [5.74, 6) is 0.780. The number of rotatable bonds is 5. The maximum atomic E-state index is 12.1. The van der Waals surface area contributed by atoms with Gasteiger partial charge in [-0.15, -0.1) is 23.1 Å². The van der Waals surface area contributed by atoms with Crippen molar-refractivity contribution in [2.45, 2.75) is 23.1 Å². The molecule has 1 aromatic carbocycles. The van der Waals surface area contributed by atoms with E-state index in [1.165, 1.54) is 0 Å². The lowest BCUT2D eigenvalue weighted by Gasteiger charge is -2.11. The molecule has 1 aromatic heterocycles.